The van der Waals surface area contributed by atoms with Gasteiger partial charge < -0.3 is 5.11 Å². The number of aliphatic hydroxyl groups is 1. The molecular weight excluding hydrogens is 254 g/mol. The van der Waals surface area contributed by atoms with E-state index in [2.05, 4.69) is 11.8 Å². The summed E-state index contributed by atoms with van der Waals surface area (Å²) in [6.45, 7) is -0.212. The Bertz CT molecular complexity index is 604. The van der Waals surface area contributed by atoms with Crippen molar-refractivity contribution in [3.05, 3.63) is 29.8 Å². The third-order valence-electron chi connectivity index (χ3n) is 3.99. The van der Waals surface area contributed by atoms with Crippen molar-refractivity contribution in [3.8, 4) is 11.8 Å². The van der Waals surface area contributed by atoms with Gasteiger partial charge in [0.2, 0.25) is 11.8 Å². The average Bonchev–Trinajstić information content (AvgIpc) is 2.91. The molecule has 1 aliphatic carbocycles. The Morgan fingerprint density at radius 3 is 2.55 bits per heavy atom. The predicted octanol–water partition coefficient (Wildman–Crippen LogP) is 1.32. The molecule has 0 radical (unpaired) electrons. The number of hydrogen-bond acceptors (Lipinski definition) is 3. The Morgan fingerprint density at radius 1 is 1.20 bits per heavy atom. The molecule has 2 aliphatic rings. The van der Waals surface area contributed by atoms with E-state index in [1.54, 1.807) is 24.3 Å². The summed E-state index contributed by atoms with van der Waals surface area (Å²) < 4.78 is 0. The van der Waals surface area contributed by atoms with E-state index in [1.807, 2.05) is 0 Å². The predicted molar refractivity (Wildman–Crippen MR) is 73.7 cm³/mol. The van der Waals surface area contributed by atoms with E-state index in [0.29, 0.717) is 17.7 Å². The van der Waals surface area contributed by atoms with E-state index in [-0.39, 0.29) is 30.3 Å². The summed E-state index contributed by atoms with van der Waals surface area (Å²) in [5, 5.41) is 8.72. The molecule has 1 N–H and O–H groups in total. The van der Waals surface area contributed by atoms with Gasteiger partial charge in [0, 0.05) is 17.4 Å². The van der Waals surface area contributed by atoms with Crippen LogP contribution in [-0.4, -0.2) is 23.5 Å². The van der Waals surface area contributed by atoms with Crippen LogP contribution in [0.15, 0.2) is 24.3 Å². The van der Waals surface area contributed by atoms with Crippen LogP contribution in [0.3, 0.4) is 0 Å². The lowest BCUT2D eigenvalue weighted by Crippen LogP contribution is -2.46. The number of imide groups is 1. The number of carbonyl (C=O) groups excluding carboxylic acids is 2. The number of piperidine rings is 1. The van der Waals surface area contributed by atoms with Crippen molar-refractivity contribution in [2.45, 2.75) is 19.3 Å². The van der Waals surface area contributed by atoms with Crippen molar-refractivity contribution < 1.29 is 14.7 Å². The molecule has 1 heterocycles. The zero-order valence-electron chi connectivity index (χ0n) is 11.0. The van der Waals surface area contributed by atoms with Gasteiger partial charge in [0.05, 0.1) is 5.69 Å². The summed E-state index contributed by atoms with van der Waals surface area (Å²) in [6, 6.07) is 7.04. The zero-order chi connectivity index (χ0) is 14.1. The SMILES string of the molecule is O=C1C2CCC(C2)C(=O)N1c1cccc(C#CCO)c1. The summed E-state index contributed by atoms with van der Waals surface area (Å²) in [5.74, 6) is 5.16. The van der Waals surface area contributed by atoms with Crippen LogP contribution in [0.25, 0.3) is 0 Å². The Kier molecular flexibility index (Phi) is 3.29. The van der Waals surface area contributed by atoms with Crippen LogP contribution in [-0.2, 0) is 9.59 Å². The van der Waals surface area contributed by atoms with Crippen molar-refractivity contribution in [1.82, 2.24) is 0 Å². The number of aliphatic hydroxyl groups excluding tert-OH is 1. The van der Waals surface area contributed by atoms with Crippen LogP contribution >= 0.6 is 0 Å². The Morgan fingerprint density at radius 2 is 1.90 bits per heavy atom. The molecule has 4 heteroatoms. The lowest BCUT2D eigenvalue weighted by Gasteiger charge is -2.29. The van der Waals surface area contributed by atoms with Crippen LogP contribution in [0, 0.1) is 23.7 Å². The summed E-state index contributed by atoms with van der Waals surface area (Å²) in [4.78, 5) is 26.0. The molecule has 1 saturated heterocycles. The van der Waals surface area contributed by atoms with Crippen LogP contribution < -0.4 is 4.90 Å². The van der Waals surface area contributed by atoms with Gasteiger partial charge in [0.15, 0.2) is 0 Å². The maximum absolute atomic E-state index is 12.3. The Balaban J connectivity index is 1.95. The highest BCUT2D eigenvalue weighted by Crippen LogP contribution is 2.39. The van der Waals surface area contributed by atoms with Gasteiger partial charge in [-0.25, -0.2) is 0 Å². The lowest BCUT2D eigenvalue weighted by molar-refractivity contribution is -0.132. The fraction of sp³-hybridized carbons (Fsp3) is 0.375. The van der Waals surface area contributed by atoms with Gasteiger partial charge in [-0.1, -0.05) is 17.9 Å². The van der Waals surface area contributed by atoms with Crippen molar-refractivity contribution in [3.63, 3.8) is 0 Å². The number of fused-ring (bicyclic) bond motifs is 2. The van der Waals surface area contributed by atoms with E-state index >= 15 is 0 Å². The van der Waals surface area contributed by atoms with Gasteiger partial charge in [-0.05, 0) is 37.5 Å². The fourth-order valence-corrected chi connectivity index (χ4v) is 3.02. The molecule has 0 spiro atoms. The minimum atomic E-state index is -0.212. The molecule has 1 saturated carbocycles. The van der Waals surface area contributed by atoms with E-state index in [9.17, 15) is 9.59 Å². The van der Waals surface area contributed by atoms with Crippen molar-refractivity contribution in [2.24, 2.45) is 11.8 Å². The van der Waals surface area contributed by atoms with E-state index in [0.717, 1.165) is 12.8 Å². The van der Waals surface area contributed by atoms with Crippen LogP contribution in [0.5, 0.6) is 0 Å². The maximum Gasteiger partial charge on any atom is 0.236 e. The molecule has 0 aromatic heterocycles. The van der Waals surface area contributed by atoms with E-state index < -0.39 is 0 Å². The molecule has 2 unspecified atom stereocenters. The monoisotopic (exact) mass is 269 g/mol. The number of amides is 2. The van der Waals surface area contributed by atoms with Crippen molar-refractivity contribution >= 4 is 17.5 Å². The summed E-state index contributed by atoms with van der Waals surface area (Å²) >= 11 is 0. The maximum atomic E-state index is 12.3. The molecule has 1 aromatic carbocycles. The number of benzene rings is 1. The second-order valence-corrected chi connectivity index (χ2v) is 5.23. The molecule has 2 amide bonds. The summed E-state index contributed by atoms with van der Waals surface area (Å²) in [6.07, 6.45) is 2.34. The molecular formula is C16H15NO3. The summed E-state index contributed by atoms with van der Waals surface area (Å²) in [7, 11) is 0. The third-order valence-corrected chi connectivity index (χ3v) is 3.99. The van der Waals surface area contributed by atoms with E-state index in [4.69, 9.17) is 5.11 Å². The minimum Gasteiger partial charge on any atom is -0.384 e. The van der Waals surface area contributed by atoms with Crippen molar-refractivity contribution in [1.29, 1.82) is 0 Å². The first-order chi connectivity index (χ1) is 9.70. The second kappa shape index (κ2) is 5.10. The molecule has 1 aliphatic heterocycles. The highest BCUT2D eigenvalue weighted by molar-refractivity contribution is 6.18. The Hall–Kier alpha value is -2.12. The standard InChI is InChI=1S/C16H15NO3/c18-8-2-4-11-3-1-5-14(9-11)17-15(19)12-6-7-13(10-12)16(17)20/h1,3,5,9,12-13,18H,6-8,10H2. The fourth-order valence-electron chi connectivity index (χ4n) is 3.02. The topological polar surface area (TPSA) is 57.6 Å². The lowest BCUT2D eigenvalue weighted by atomic mass is 9.96. The van der Waals surface area contributed by atoms with Gasteiger partial charge in [-0.2, -0.15) is 0 Å². The average molecular weight is 269 g/mol. The minimum absolute atomic E-state index is 0.00937. The first kappa shape index (κ1) is 12.9. The van der Waals surface area contributed by atoms with Crippen LogP contribution in [0.4, 0.5) is 5.69 Å². The molecule has 1 aromatic rings. The van der Waals surface area contributed by atoms with Gasteiger partial charge >= 0.3 is 0 Å². The first-order valence-corrected chi connectivity index (χ1v) is 6.78. The normalized spacial score (nSPS) is 24.6. The van der Waals surface area contributed by atoms with E-state index in [1.165, 1.54) is 4.90 Å². The second-order valence-electron chi connectivity index (χ2n) is 5.23. The quantitative estimate of drug-likeness (QED) is 0.618. The van der Waals surface area contributed by atoms with Crippen LogP contribution in [0.1, 0.15) is 24.8 Å². The van der Waals surface area contributed by atoms with Crippen molar-refractivity contribution in [2.75, 3.05) is 11.5 Å². The number of carbonyl (C=O) groups is 2. The number of hydrogen-bond donors (Lipinski definition) is 1. The largest absolute Gasteiger partial charge is 0.384 e. The molecule has 20 heavy (non-hydrogen) atoms. The highest BCUT2D eigenvalue weighted by atomic mass is 16.2. The third kappa shape index (κ3) is 2.10. The smallest absolute Gasteiger partial charge is 0.236 e. The Labute approximate surface area is 117 Å². The zero-order valence-corrected chi connectivity index (χ0v) is 11.0. The molecule has 102 valence electrons. The number of rotatable bonds is 1. The molecule has 2 bridgehead atoms. The number of nitrogens with zero attached hydrogens (tertiary/aromatic N) is 1. The molecule has 2 fully saturated rings. The summed E-state index contributed by atoms with van der Waals surface area (Å²) in [5.41, 5.74) is 1.27. The first-order valence-electron chi connectivity index (χ1n) is 6.78. The number of anilines is 1. The molecule has 2 atom stereocenters. The van der Waals surface area contributed by atoms with Gasteiger partial charge in [-0.3, -0.25) is 14.5 Å². The van der Waals surface area contributed by atoms with Gasteiger partial charge in [-0.15, -0.1) is 0 Å². The van der Waals surface area contributed by atoms with Gasteiger partial charge in [0.1, 0.15) is 6.61 Å². The molecule has 3 rings (SSSR count). The van der Waals surface area contributed by atoms with Crippen LogP contribution in [0.2, 0.25) is 0 Å². The van der Waals surface area contributed by atoms with Gasteiger partial charge in [0.25, 0.3) is 0 Å². The highest BCUT2D eigenvalue weighted by Gasteiger charge is 2.45. The molecule has 4 nitrogen and oxygen atoms in total.